The molecule has 2 N–H and O–H groups in total. The molecule has 0 radical (unpaired) electrons. The molecule has 0 aliphatic carbocycles. The van der Waals surface area contributed by atoms with Crippen LogP contribution >= 0.6 is 12.6 Å². The normalized spacial score (nSPS) is 11.2. The second-order valence-electron chi connectivity index (χ2n) is 5.30. The summed E-state index contributed by atoms with van der Waals surface area (Å²) in [6.45, 7) is 5.42. The van der Waals surface area contributed by atoms with Crippen molar-refractivity contribution >= 4 is 24.4 Å². The molecule has 0 bridgehead atoms. The molecule has 0 saturated carbocycles. The predicted molar refractivity (Wildman–Crippen MR) is 80.1 cm³/mol. The number of nitrogens with one attached hydrogen (secondary N) is 1. The molecule has 5 heteroatoms. The summed E-state index contributed by atoms with van der Waals surface area (Å²) in [5.74, 6) is 0.986. The van der Waals surface area contributed by atoms with Gasteiger partial charge in [0.2, 0.25) is 0 Å². The molecule has 0 atom stereocenters. The van der Waals surface area contributed by atoms with Crippen molar-refractivity contribution < 1.29 is 14.6 Å². The third kappa shape index (κ3) is 5.87. The number of phenols is 1. The number of aryl methyl sites for hydroxylation is 1. The fourth-order valence-corrected chi connectivity index (χ4v) is 1.71. The van der Waals surface area contributed by atoms with Gasteiger partial charge in [-0.05, 0) is 63.1 Å². The summed E-state index contributed by atoms with van der Waals surface area (Å²) in [5, 5.41) is 12.4. The lowest BCUT2D eigenvalue weighted by Crippen LogP contribution is -2.27. The highest BCUT2D eigenvalue weighted by Crippen LogP contribution is 2.23. The van der Waals surface area contributed by atoms with E-state index >= 15 is 0 Å². The van der Waals surface area contributed by atoms with Gasteiger partial charge in [0, 0.05) is 5.69 Å². The molecule has 1 rings (SSSR count). The molecule has 0 saturated heterocycles. The van der Waals surface area contributed by atoms with Crippen LogP contribution < -0.4 is 5.32 Å². The van der Waals surface area contributed by atoms with Gasteiger partial charge < -0.3 is 9.84 Å². The van der Waals surface area contributed by atoms with Crippen molar-refractivity contribution in [1.82, 2.24) is 0 Å². The van der Waals surface area contributed by atoms with Gasteiger partial charge in [0.1, 0.15) is 11.4 Å². The largest absolute Gasteiger partial charge is 0.508 e. The number of aromatic hydroxyl groups is 1. The minimum Gasteiger partial charge on any atom is -0.508 e. The first-order valence-corrected chi connectivity index (χ1v) is 6.88. The number of carbonyl (C=O) groups is 1. The number of anilines is 1. The Bertz CT molecular complexity index is 441. The number of ether oxygens (including phenoxy) is 1. The zero-order valence-corrected chi connectivity index (χ0v) is 12.5. The van der Waals surface area contributed by atoms with Gasteiger partial charge in [0.05, 0.1) is 0 Å². The van der Waals surface area contributed by atoms with E-state index < -0.39 is 11.7 Å². The zero-order valence-electron chi connectivity index (χ0n) is 11.6. The van der Waals surface area contributed by atoms with Gasteiger partial charge in [-0.15, -0.1) is 0 Å². The monoisotopic (exact) mass is 283 g/mol. The minimum atomic E-state index is -0.532. The van der Waals surface area contributed by atoms with Crippen molar-refractivity contribution in [2.45, 2.75) is 39.2 Å². The molecule has 0 aliphatic heterocycles. The first kappa shape index (κ1) is 15.7. The van der Waals surface area contributed by atoms with Gasteiger partial charge in [-0.25, -0.2) is 4.79 Å². The summed E-state index contributed by atoms with van der Waals surface area (Å²) in [5.41, 5.74) is 0.874. The van der Waals surface area contributed by atoms with Crippen LogP contribution in [0.2, 0.25) is 0 Å². The molecule has 19 heavy (non-hydrogen) atoms. The molecule has 0 spiro atoms. The Morgan fingerprint density at radius 1 is 1.42 bits per heavy atom. The van der Waals surface area contributed by atoms with Crippen molar-refractivity contribution in [3.05, 3.63) is 23.8 Å². The molecule has 4 nitrogen and oxygen atoms in total. The van der Waals surface area contributed by atoms with Gasteiger partial charge >= 0.3 is 6.09 Å². The van der Waals surface area contributed by atoms with Crippen molar-refractivity contribution in [1.29, 1.82) is 0 Å². The first-order chi connectivity index (χ1) is 8.81. The number of hydrogen-bond acceptors (Lipinski definition) is 4. The van der Waals surface area contributed by atoms with Crippen LogP contribution in [0.15, 0.2) is 18.2 Å². The van der Waals surface area contributed by atoms with E-state index in [4.69, 9.17) is 4.74 Å². The van der Waals surface area contributed by atoms with Crippen LogP contribution in [0.5, 0.6) is 5.75 Å². The van der Waals surface area contributed by atoms with Crippen LogP contribution in [0.1, 0.15) is 32.8 Å². The highest BCUT2D eigenvalue weighted by Gasteiger charge is 2.16. The van der Waals surface area contributed by atoms with Crippen molar-refractivity contribution in [2.24, 2.45) is 0 Å². The summed E-state index contributed by atoms with van der Waals surface area (Å²) in [6.07, 6.45) is 1.09. The Labute approximate surface area is 119 Å². The number of phenolic OH excluding ortho intramolecular Hbond substituents is 1. The van der Waals surface area contributed by atoms with Crippen molar-refractivity contribution in [3.8, 4) is 5.75 Å². The fourth-order valence-electron chi connectivity index (χ4n) is 1.55. The van der Waals surface area contributed by atoms with Gasteiger partial charge in [-0.3, -0.25) is 5.32 Å². The summed E-state index contributed by atoms with van der Waals surface area (Å²) < 4.78 is 5.17. The average Bonchev–Trinajstić information content (AvgIpc) is 2.27. The molecule has 0 unspecified atom stereocenters. The molecule has 0 aromatic heterocycles. The third-order valence-electron chi connectivity index (χ3n) is 2.33. The third-order valence-corrected chi connectivity index (χ3v) is 2.65. The van der Waals surface area contributed by atoms with Crippen LogP contribution in [0.3, 0.4) is 0 Å². The molecular formula is C14H21NO3S. The fraction of sp³-hybridized carbons (Fsp3) is 0.500. The van der Waals surface area contributed by atoms with Crippen molar-refractivity contribution in [2.75, 3.05) is 11.1 Å². The van der Waals surface area contributed by atoms with E-state index in [2.05, 4.69) is 17.9 Å². The number of amides is 1. The van der Waals surface area contributed by atoms with Crippen LogP contribution in [0, 0.1) is 0 Å². The number of hydrogen-bond donors (Lipinski definition) is 3. The van der Waals surface area contributed by atoms with Gasteiger partial charge in [0.25, 0.3) is 0 Å². The van der Waals surface area contributed by atoms with E-state index in [-0.39, 0.29) is 5.75 Å². The minimum absolute atomic E-state index is 0.233. The lowest BCUT2D eigenvalue weighted by atomic mass is 10.1. The van der Waals surface area contributed by atoms with Gasteiger partial charge in [-0.1, -0.05) is 0 Å². The van der Waals surface area contributed by atoms with E-state index in [1.807, 2.05) is 20.8 Å². The number of thiol groups is 1. The lowest BCUT2D eigenvalue weighted by molar-refractivity contribution is 0.0636. The molecule has 1 amide bonds. The maximum absolute atomic E-state index is 11.6. The topological polar surface area (TPSA) is 58.6 Å². The summed E-state index contributed by atoms with van der Waals surface area (Å²) in [6, 6.07) is 4.96. The lowest BCUT2D eigenvalue weighted by Gasteiger charge is -2.19. The zero-order chi connectivity index (χ0) is 14.5. The van der Waals surface area contributed by atoms with Crippen LogP contribution in [0.4, 0.5) is 10.5 Å². The summed E-state index contributed by atoms with van der Waals surface area (Å²) in [4.78, 5) is 11.6. The Kier molecular flexibility index (Phi) is 5.54. The Morgan fingerprint density at radius 2 is 2.11 bits per heavy atom. The SMILES string of the molecule is CC(C)(C)OC(=O)Nc1ccc(O)c(CCCS)c1. The van der Waals surface area contributed by atoms with E-state index in [0.717, 1.165) is 24.2 Å². The van der Waals surface area contributed by atoms with E-state index in [0.29, 0.717) is 5.69 Å². The van der Waals surface area contributed by atoms with Crippen molar-refractivity contribution in [3.63, 3.8) is 0 Å². The molecule has 1 aromatic rings. The summed E-state index contributed by atoms with van der Waals surface area (Å²) in [7, 11) is 0. The molecule has 0 heterocycles. The van der Waals surface area contributed by atoms with E-state index in [9.17, 15) is 9.90 Å². The molecule has 0 aliphatic rings. The molecule has 106 valence electrons. The van der Waals surface area contributed by atoms with Crippen LogP contribution in [-0.2, 0) is 11.2 Å². The Hall–Kier alpha value is -1.36. The van der Waals surface area contributed by atoms with Crippen LogP contribution in [0.25, 0.3) is 0 Å². The highest BCUT2D eigenvalue weighted by atomic mass is 32.1. The molecular weight excluding hydrogens is 262 g/mol. The number of rotatable bonds is 4. The second kappa shape index (κ2) is 6.70. The average molecular weight is 283 g/mol. The predicted octanol–water partition coefficient (Wildman–Crippen LogP) is 3.60. The summed E-state index contributed by atoms with van der Waals surface area (Å²) >= 11 is 4.14. The van der Waals surface area contributed by atoms with Crippen LogP contribution in [-0.4, -0.2) is 22.6 Å². The maximum atomic E-state index is 11.6. The Balaban J connectivity index is 2.71. The highest BCUT2D eigenvalue weighted by molar-refractivity contribution is 7.80. The molecule has 1 aromatic carbocycles. The number of benzene rings is 1. The first-order valence-electron chi connectivity index (χ1n) is 6.24. The van der Waals surface area contributed by atoms with Gasteiger partial charge in [0.15, 0.2) is 0 Å². The maximum Gasteiger partial charge on any atom is 0.412 e. The quantitative estimate of drug-likeness (QED) is 0.584. The Morgan fingerprint density at radius 3 is 2.68 bits per heavy atom. The van der Waals surface area contributed by atoms with E-state index in [1.165, 1.54) is 0 Å². The standard InChI is InChI=1S/C14H21NO3S/c1-14(2,3)18-13(17)15-11-6-7-12(16)10(9-11)5-4-8-19/h6-7,9,16,19H,4-5,8H2,1-3H3,(H,15,17). The smallest absolute Gasteiger partial charge is 0.412 e. The van der Waals surface area contributed by atoms with E-state index in [1.54, 1.807) is 18.2 Å². The number of carbonyl (C=O) groups excluding carboxylic acids is 1. The second-order valence-corrected chi connectivity index (χ2v) is 5.74. The molecule has 0 fully saturated rings. The van der Waals surface area contributed by atoms with Gasteiger partial charge in [-0.2, -0.15) is 12.6 Å².